The number of thioether (sulfide) groups is 1. The average molecular weight is 219 g/mol. The first-order chi connectivity index (χ1) is 6.43. The molecular formula is C10H21NO2S. The average Bonchev–Trinajstić information content (AvgIpc) is 2.02. The number of rotatable bonds is 6. The van der Waals surface area contributed by atoms with E-state index >= 15 is 0 Å². The van der Waals surface area contributed by atoms with Crippen LogP contribution in [0.2, 0.25) is 0 Å². The molecule has 0 aliphatic rings. The van der Waals surface area contributed by atoms with Gasteiger partial charge in [-0.05, 0) is 20.8 Å². The van der Waals surface area contributed by atoms with Gasteiger partial charge in [0, 0.05) is 23.5 Å². The molecule has 84 valence electrons. The molecule has 0 aromatic rings. The Balaban J connectivity index is 3.49. The van der Waals surface area contributed by atoms with E-state index in [1.165, 1.54) is 0 Å². The maximum atomic E-state index is 11.2. The van der Waals surface area contributed by atoms with Crippen molar-refractivity contribution < 1.29 is 9.90 Å². The van der Waals surface area contributed by atoms with Gasteiger partial charge in [-0.15, -0.1) is 0 Å². The molecule has 0 saturated heterocycles. The zero-order valence-electron chi connectivity index (χ0n) is 9.41. The molecule has 0 aliphatic heterocycles. The Labute approximate surface area is 90.7 Å². The van der Waals surface area contributed by atoms with Gasteiger partial charge in [0.2, 0.25) is 5.91 Å². The van der Waals surface area contributed by atoms with Crippen LogP contribution in [0.1, 0.15) is 34.1 Å². The van der Waals surface area contributed by atoms with E-state index in [1.54, 1.807) is 18.7 Å². The Morgan fingerprint density at radius 3 is 2.36 bits per heavy atom. The quantitative estimate of drug-likeness (QED) is 0.710. The monoisotopic (exact) mass is 219 g/mol. The van der Waals surface area contributed by atoms with Crippen LogP contribution in [0.4, 0.5) is 0 Å². The number of amides is 1. The van der Waals surface area contributed by atoms with Crippen molar-refractivity contribution in [1.82, 2.24) is 5.32 Å². The fourth-order valence-electron chi connectivity index (χ4n) is 0.871. The summed E-state index contributed by atoms with van der Waals surface area (Å²) in [5.41, 5.74) is 0. The summed E-state index contributed by atoms with van der Waals surface area (Å²) in [7, 11) is 0. The maximum Gasteiger partial charge on any atom is 0.221 e. The SMILES string of the molecule is CC(C)NC(=O)CCSC(C)C(C)O. The van der Waals surface area contributed by atoms with Crippen molar-refractivity contribution in [2.75, 3.05) is 5.75 Å². The van der Waals surface area contributed by atoms with E-state index in [1.807, 2.05) is 20.8 Å². The molecule has 2 N–H and O–H groups in total. The number of carbonyl (C=O) groups excluding carboxylic acids is 1. The molecule has 3 nitrogen and oxygen atoms in total. The van der Waals surface area contributed by atoms with E-state index in [4.69, 9.17) is 0 Å². The Morgan fingerprint density at radius 1 is 1.36 bits per heavy atom. The van der Waals surface area contributed by atoms with E-state index in [-0.39, 0.29) is 23.3 Å². The minimum Gasteiger partial charge on any atom is -0.392 e. The molecule has 0 aliphatic carbocycles. The molecule has 0 spiro atoms. The molecule has 0 rings (SSSR count). The first-order valence-electron chi connectivity index (χ1n) is 5.02. The molecule has 2 atom stereocenters. The van der Waals surface area contributed by atoms with Crippen LogP contribution in [0.15, 0.2) is 0 Å². The van der Waals surface area contributed by atoms with E-state index in [9.17, 15) is 9.90 Å². The van der Waals surface area contributed by atoms with E-state index < -0.39 is 0 Å². The van der Waals surface area contributed by atoms with Gasteiger partial charge in [0.05, 0.1) is 6.10 Å². The van der Waals surface area contributed by atoms with Crippen molar-refractivity contribution in [2.45, 2.75) is 51.5 Å². The number of hydrogen-bond acceptors (Lipinski definition) is 3. The lowest BCUT2D eigenvalue weighted by Crippen LogP contribution is -2.30. The molecule has 0 bridgehead atoms. The predicted octanol–water partition coefficient (Wildman–Crippen LogP) is 1.40. The first-order valence-corrected chi connectivity index (χ1v) is 6.07. The summed E-state index contributed by atoms with van der Waals surface area (Å²) in [6.07, 6.45) is 0.216. The van der Waals surface area contributed by atoms with Gasteiger partial charge in [-0.25, -0.2) is 0 Å². The van der Waals surface area contributed by atoms with Crippen molar-refractivity contribution in [2.24, 2.45) is 0 Å². The van der Waals surface area contributed by atoms with Gasteiger partial charge in [0.25, 0.3) is 0 Å². The fourth-order valence-corrected chi connectivity index (χ4v) is 1.82. The van der Waals surface area contributed by atoms with Gasteiger partial charge < -0.3 is 10.4 Å². The topological polar surface area (TPSA) is 49.3 Å². The van der Waals surface area contributed by atoms with Crippen LogP contribution in [-0.2, 0) is 4.79 Å². The van der Waals surface area contributed by atoms with Gasteiger partial charge in [-0.3, -0.25) is 4.79 Å². The van der Waals surface area contributed by atoms with Crippen molar-refractivity contribution in [3.8, 4) is 0 Å². The largest absolute Gasteiger partial charge is 0.392 e. The van der Waals surface area contributed by atoms with Crippen LogP contribution in [0, 0.1) is 0 Å². The predicted molar refractivity (Wildman–Crippen MR) is 61.5 cm³/mol. The van der Waals surface area contributed by atoms with Crippen LogP contribution in [0.3, 0.4) is 0 Å². The smallest absolute Gasteiger partial charge is 0.221 e. The van der Waals surface area contributed by atoms with Crippen molar-refractivity contribution >= 4 is 17.7 Å². The summed E-state index contributed by atoms with van der Waals surface area (Å²) < 4.78 is 0. The normalized spacial score (nSPS) is 15.3. The van der Waals surface area contributed by atoms with Crippen LogP contribution >= 0.6 is 11.8 Å². The van der Waals surface area contributed by atoms with Crippen molar-refractivity contribution in [3.63, 3.8) is 0 Å². The lowest BCUT2D eigenvalue weighted by molar-refractivity contribution is -0.121. The Morgan fingerprint density at radius 2 is 1.93 bits per heavy atom. The summed E-state index contributed by atoms with van der Waals surface area (Å²) >= 11 is 1.63. The molecule has 0 radical (unpaired) electrons. The summed E-state index contributed by atoms with van der Waals surface area (Å²) in [5.74, 6) is 0.857. The molecule has 0 aromatic heterocycles. The van der Waals surface area contributed by atoms with Gasteiger partial charge >= 0.3 is 0 Å². The highest BCUT2D eigenvalue weighted by Crippen LogP contribution is 2.14. The molecule has 0 saturated carbocycles. The molecule has 2 unspecified atom stereocenters. The third kappa shape index (κ3) is 7.21. The number of aliphatic hydroxyl groups is 1. The van der Waals surface area contributed by atoms with E-state index in [0.717, 1.165) is 5.75 Å². The second-order valence-electron chi connectivity index (χ2n) is 3.79. The molecule has 0 aromatic carbocycles. The zero-order chi connectivity index (χ0) is 11.1. The van der Waals surface area contributed by atoms with Gasteiger partial charge in [0.1, 0.15) is 0 Å². The number of hydrogen-bond donors (Lipinski definition) is 2. The lowest BCUT2D eigenvalue weighted by Gasteiger charge is -2.14. The van der Waals surface area contributed by atoms with Gasteiger partial charge in [0.15, 0.2) is 0 Å². The van der Waals surface area contributed by atoms with Crippen molar-refractivity contribution in [3.05, 3.63) is 0 Å². The van der Waals surface area contributed by atoms with Crippen LogP contribution in [0.25, 0.3) is 0 Å². The minimum absolute atomic E-state index is 0.0882. The standard InChI is InChI=1S/C10H21NO2S/c1-7(2)11-10(13)5-6-14-9(4)8(3)12/h7-9,12H,5-6H2,1-4H3,(H,11,13). The summed E-state index contributed by atoms with van der Waals surface area (Å²) in [6, 6.07) is 0.210. The van der Waals surface area contributed by atoms with Crippen LogP contribution < -0.4 is 5.32 Å². The van der Waals surface area contributed by atoms with Crippen LogP contribution in [0.5, 0.6) is 0 Å². The fraction of sp³-hybridized carbons (Fsp3) is 0.900. The van der Waals surface area contributed by atoms with E-state index in [0.29, 0.717) is 6.42 Å². The molecule has 1 amide bonds. The molecule has 0 fully saturated rings. The summed E-state index contributed by atoms with van der Waals surface area (Å²) in [4.78, 5) is 11.2. The van der Waals surface area contributed by atoms with Crippen molar-refractivity contribution in [1.29, 1.82) is 0 Å². The molecule has 4 heteroatoms. The summed E-state index contributed by atoms with van der Waals surface area (Å²) in [6.45, 7) is 7.63. The third-order valence-corrected chi connectivity index (χ3v) is 3.20. The highest BCUT2D eigenvalue weighted by molar-refractivity contribution is 7.99. The minimum atomic E-state index is -0.312. The zero-order valence-corrected chi connectivity index (χ0v) is 10.2. The van der Waals surface area contributed by atoms with Gasteiger partial charge in [-0.2, -0.15) is 11.8 Å². The first kappa shape index (κ1) is 13.8. The maximum absolute atomic E-state index is 11.2. The lowest BCUT2D eigenvalue weighted by atomic mass is 10.3. The molecular weight excluding hydrogens is 198 g/mol. The Kier molecular flexibility index (Phi) is 7.01. The number of nitrogens with one attached hydrogen (secondary N) is 1. The Hall–Kier alpha value is -0.220. The number of carbonyl (C=O) groups is 1. The third-order valence-electron chi connectivity index (χ3n) is 1.84. The summed E-state index contributed by atoms with van der Waals surface area (Å²) in [5, 5.41) is 12.2. The highest BCUT2D eigenvalue weighted by Gasteiger charge is 2.10. The van der Waals surface area contributed by atoms with Crippen LogP contribution in [-0.4, -0.2) is 34.2 Å². The highest BCUT2D eigenvalue weighted by atomic mass is 32.2. The van der Waals surface area contributed by atoms with Gasteiger partial charge in [-0.1, -0.05) is 6.92 Å². The Bertz CT molecular complexity index is 172. The molecule has 0 heterocycles. The number of aliphatic hydroxyl groups excluding tert-OH is 1. The second-order valence-corrected chi connectivity index (χ2v) is 5.27. The molecule has 14 heavy (non-hydrogen) atoms. The van der Waals surface area contributed by atoms with E-state index in [2.05, 4.69) is 5.32 Å². The second kappa shape index (κ2) is 7.12.